The smallest absolute Gasteiger partial charge is 0.310 e. The molecule has 1 saturated heterocycles. The molecule has 5 nitrogen and oxygen atoms in total. The molecule has 0 amide bonds. The highest BCUT2D eigenvalue weighted by molar-refractivity contribution is 5.77. The molecule has 1 aliphatic rings. The van der Waals surface area contributed by atoms with Crippen LogP contribution in [0.3, 0.4) is 0 Å². The first kappa shape index (κ1) is 16.7. The number of hydrogen-bond donors (Lipinski definition) is 0. The molecule has 2 heterocycles. The second kappa shape index (κ2) is 7.18. The van der Waals surface area contributed by atoms with Gasteiger partial charge in [-0.25, -0.2) is 0 Å². The van der Waals surface area contributed by atoms with Gasteiger partial charge in [0.15, 0.2) is 5.43 Å². The minimum Gasteiger partial charge on any atom is -0.466 e. The Hall–Kier alpha value is -2.14. The molecule has 3 rings (SSSR count). The molecule has 0 N–H and O–H groups in total. The first-order chi connectivity index (χ1) is 11.6. The zero-order chi connectivity index (χ0) is 17.1. The van der Waals surface area contributed by atoms with Gasteiger partial charge in [-0.1, -0.05) is 11.6 Å². The lowest BCUT2D eigenvalue weighted by atomic mass is 9.97. The highest BCUT2D eigenvalue weighted by Crippen LogP contribution is 2.20. The standard InChI is InChI=1S/C19H23NO4/c1-3-23-19(22)14-5-4-8-20(10-14)11-15-12-24-17-7-6-13(2)9-16(17)18(15)21/h6-7,9,12,14H,3-5,8,10-11H2,1-2H3/t14-/m0/s1. The molecular formula is C19H23NO4. The van der Waals surface area contributed by atoms with Crippen LogP contribution in [0.2, 0.25) is 0 Å². The number of rotatable bonds is 4. The molecule has 1 fully saturated rings. The number of esters is 1. The van der Waals surface area contributed by atoms with Crippen LogP contribution < -0.4 is 5.43 Å². The third-order valence-corrected chi connectivity index (χ3v) is 4.52. The van der Waals surface area contributed by atoms with Crippen molar-refractivity contribution in [1.29, 1.82) is 0 Å². The number of fused-ring (bicyclic) bond motifs is 1. The summed E-state index contributed by atoms with van der Waals surface area (Å²) in [5.41, 5.74) is 2.29. The Balaban J connectivity index is 1.78. The van der Waals surface area contributed by atoms with Crippen molar-refractivity contribution >= 4 is 16.9 Å². The lowest BCUT2D eigenvalue weighted by Gasteiger charge is -2.31. The Morgan fingerprint density at radius 1 is 1.42 bits per heavy atom. The van der Waals surface area contributed by atoms with Gasteiger partial charge in [0.05, 0.1) is 24.2 Å². The largest absolute Gasteiger partial charge is 0.466 e. The van der Waals surface area contributed by atoms with Gasteiger partial charge in [0.1, 0.15) is 5.58 Å². The average Bonchev–Trinajstić information content (AvgIpc) is 2.58. The third-order valence-electron chi connectivity index (χ3n) is 4.52. The van der Waals surface area contributed by atoms with Crippen molar-refractivity contribution in [1.82, 2.24) is 4.90 Å². The Labute approximate surface area is 141 Å². The maximum atomic E-state index is 12.7. The lowest BCUT2D eigenvalue weighted by Crippen LogP contribution is -2.39. The molecular weight excluding hydrogens is 306 g/mol. The van der Waals surface area contributed by atoms with Crippen molar-refractivity contribution in [3.8, 4) is 0 Å². The molecule has 1 atom stereocenters. The number of ether oxygens (including phenoxy) is 1. The maximum Gasteiger partial charge on any atom is 0.310 e. The Kier molecular flexibility index (Phi) is 5.00. The fourth-order valence-electron chi connectivity index (χ4n) is 3.29. The van der Waals surface area contributed by atoms with E-state index in [2.05, 4.69) is 4.90 Å². The van der Waals surface area contributed by atoms with Crippen LogP contribution in [0, 0.1) is 12.8 Å². The van der Waals surface area contributed by atoms with E-state index in [-0.39, 0.29) is 17.3 Å². The van der Waals surface area contributed by atoms with Crippen molar-refractivity contribution < 1.29 is 13.9 Å². The van der Waals surface area contributed by atoms with E-state index >= 15 is 0 Å². The van der Waals surface area contributed by atoms with E-state index in [9.17, 15) is 9.59 Å². The molecule has 24 heavy (non-hydrogen) atoms. The van der Waals surface area contributed by atoms with Gasteiger partial charge in [-0.3, -0.25) is 14.5 Å². The molecule has 0 unspecified atom stereocenters. The molecule has 1 aliphatic heterocycles. The van der Waals surface area contributed by atoms with Crippen molar-refractivity contribution in [3.05, 3.63) is 45.8 Å². The van der Waals surface area contributed by atoms with Gasteiger partial charge in [-0.15, -0.1) is 0 Å². The number of piperidine rings is 1. The molecule has 0 bridgehead atoms. The summed E-state index contributed by atoms with van der Waals surface area (Å²) in [6.45, 7) is 6.19. The number of likely N-dealkylation sites (tertiary alicyclic amines) is 1. The predicted octanol–water partition coefficient (Wildman–Crippen LogP) is 2.88. The van der Waals surface area contributed by atoms with Crippen molar-refractivity contribution in [2.45, 2.75) is 33.2 Å². The van der Waals surface area contributed by atoms with E-state index < -0.39 is 0 Å². The number of hydrogen-bond acceptors (Lipinski definition) is 5. The first-order valence-electron chi connectivity index (χ1n) is 8.48. The molecule has 0 saturated carbocycles. The fraction of sp³-hybridized carbons (Fsp3) is 0.474. The van der Waals surface area contributed by atoms with Gasteiger partial charge < -0.3 is 9.15 Å². The quantitative estimate of drug-likeness (QED) is 0.807. The maximum absolute atomic E-state index is 12.7. The molecule has 0 spiro atoms. The van der Waals surface area contributed by atoms with Crippen molar-refractivity contribution in [2.24, 2.45) is 5.92 Å². The van der Waals surface area contributed by atoms with Crippen LogP contribution in [0.15, 0.2) is 33.7 Å². The minimum absolute atomic E-state index is 0.0122. The highest BCUT2D eigenvalue weighted by atomic mass is 16.5. The van der Waals surface area contributed by atoms with Crippen LogP contribution in [0.5, 0.6) is 0 Å². The monoisotopic (exact) mass is 329 g/mol. The Morgan fingerprint density at radius 2 is 2.25 bits per heavy atom. The van der Waals surface area contributed by atoms with Crippen LogP contribution in [-0.4, -0.2) is 30.6 Å². The average molecular weight is 329 g/mol. The fourth-order valence-corrected chi connectivity index (χ4v) is 3.29. The van der Waals surface area contributed by atoms with E-state index in [1.807, 2.05) is 32.0 Å². The molecule has 1 aromatic carbocycles. The van der Waals surface area contributed by atoms with Crippen LogP contribution in [0.4, 0.5) is 0 Å². The second-order valence-corrected chi connectivity index (χ2v) is 6.42. The van der Waals surface area contributed by atoms with E-state index in [1.165, 1.54) is 0 Å². The first-order valence-corrected chi connectivity index (χ1v) is 8.48. The number of carbonyl (C=O) groups excluding carboxylic acids is 1. The Bertz CT molecular complexity index is 796. The zero-order valence-electron chi connectivity index (χ0n) is 14.2. The number of nitrogens with zero attached hydrogens (tertiary/aromatic N) is 1. The molecule has 0 radical (unpaired) electrons. The van der Waals surface area contributed by atoms with Gasteiger partial charge >= 0.3 is 5.97 Å². The van der Waals surface area contributed by atoms with Crippen LogP contribution in [0.25, 0.3) is 11.0 Å². The summed E-state index contributed by atoms with van der Waals surface area (Å²) in [7, 11) is 0. The highest BCUT2D eigenvalue weighted by Gasteiger charge is 2.27. The minimum atomic E-state index is -0.136. The molecule has 2 aromatic rings. The third kappa shape index (κ3) is 3.51. The van der Waals surface area contributed by atoms with E-state index in [0.717, 1.165) is 24.9 Å². The van der Waals surface area contributed by atoms with Gasteiger partial charge in [0, 0.05) is 18.7 Å². The lowest BCUT2D eigenvalue weighted by molar-refractivity contribution is -0.150. The van der Waals surface area contributed by atoms with E-state index in [1.54, 1.807) is 6.26 Å². The number of aryl methyl sites for hydroxylation is 1. The van der Waals surface area contributed by atoms with E-state index in [4.69, 9.17) is 9.15 Å². The van der Waals surface area contributed by atoms with Crippen molar-refractivity contribution in [3.63, 3.8) is 0 Å². The zero-order valence-corrected chi connectivity index (χ0v) is 14.2. The van der Waals surface area contributed by atoms with Gasteiger partial charge in [0.2, 0.25) is 0 Å². The predicted molar refractivity (Wildman–Crippen MR) is 91.9 cm³/mol. The Morgan fingerprint density at radius 3 is 3.04 bits per heavy atom. The number of carbonyl (C=O) groups is 1. The SMILES string of the molecule is CCOC(=O)[C@H]1CCCN(Cc2coc3ccc(C)cc3c2=O)C1. The molecule has 5 heteroatoms. The topological polar surface area (TPSA) is 59.8 Å². The summed E-state index contributed by atoms with van der Waals surface area (Å²) in [5, 5.41) is 0.617. The molecule has 1 aromatic heterocycles. The van der Waals surface area contributed by atoms with Crippen molar-refractivity contribution in [2.75, 3.05) is 19.7 Å². The summed E-state index contributed by atoms with van der Waals surface area (Å²) in [6, 6.07) is 5.62. The van der Waals surface area contributed by atoms with Gasteiger partial charge in [0.25, 0.3) is 0 Å². The van der Waals surface area contributed by atoms with Crippen LogP contribution in [0.1, 0.15) is 30.9 Å². The van der Waals surface area contributed by atoms with Crippen LogP contribution >= 0.6 is 0 Å². The summed E-state index contributed by atoms with van der Waals surface area (Å²) in [6.07, 6.45) is 3.33. The summed E-state index contributed by atoms with van der Waals surface area (Å²) in [4.78, 5) is 26.8. The number of benzene rings is 1. The normalized spacial score (nSPS) is 18.7. The molecule has 0 aliphatic carbocycles. The van der Waals surface area contributed by atoms with Crippen LogP contribution in [-0.2, 0) is 16.1 Å². The summed E-state index contributed by atoms with van der Waals surface area (Å²) < 4.78 is 10.7. The van der Waals surface area contributed by atoms with Gasteiger partial charge in [-0.2, -0.15) is 0 Å². The van der Waals surface area contributed by atoms with E-state index in [0.29, 0.717) is 36.2 Å². The molecule has 128 valence electrons. The summed E-state index contributed by atoms with van der Waals surface area (Å²) in [5.74, 6) is -0.239. The second-order valence-electron chi connectivity index (χ2n) is 6.42. The van der Waals surface area contributed by atoms with Gasteiger partial charge in [-0.05, 0) is 45.4 Å². The summed E-state index contributed by atoms with van der Waals surface area (Å²) >= 11 is 0.